The monoisotopic (exact) mass is 398 g/mol. The zero-order chi connectivity index (χ0) is 21.2. The number of hydrogen-bond donors (Lipinski definition) is 0. The molecule has 0 saturated carbocycles. The van der Waals surface area contributed by atoms with Crippen LogP contribution in [0.1, 0.15) is 28.2 Å². The van der Waals surface area contributed by atoms with Gasteiger partial charge < -0.3 is 9.80 Å². The molecular weight excluding hydrogens is 373 g/mol. The minimum Gasteiger partial charge on any atom is -0.378 e. The Kier molecular flexibility index (Phi) is 5.87. The lowest BCUT2D eigenvalue weighted by molar-refractivity contribution is -0.138. The van der Waals surface area contributed by atoms with Gasteiger partial charge in [0.05, 0.1) is 5.56 Å². The summed E-state index contributed by atoms with van der Waals surface area (Å²) in [6.45, 7) is 0. The maximum Gasteiger partial charge on any atom is 0.416 e. The second-order valence-electron chi connectivity index (χ2n) is 7.49. The maximum atomic E-state index is 13.8. The molecule has 0 aromatic heterocycles. The molecular formula is C24H25F3N2. The van der Waals surface area contributed by atoms with E-state index in [2.05, 4.69) is 0 Å². The third-order valence-electron chi connectivity index (χ3n) is 5.06. The van der Waals surface area contributed by atoms with Crippen molar-refractivity contribution in [3.63, 3.8) is 0 Å². The van der Waals surface area contributed by atoms with Crippen molar-refractivity contribution in [3.05, 3.63) is 95.1 Å². The lowest BCUT2D eigenvalue weighted by Gasteiger charge is -2.24. The van der Waals surface area contributed by atoms with E-state index >= 15 is 0 Å². The molecule has 3 aromatic carbocycles. The quantitative estimate of drug-likeness (QED) is 0.485. The molecule has 0 aliphatic heterocycles. The Bertz CT molecular complexity index is 892. The summed E-state index contributed by atoms with van der Waals surface area (Å²) in [7, 11) is 7.74. The number of anilines is 2. The van der Waals surface area contributed by atoms with E-state index in [-0.39, 0.29) is 5.56 Å². The van der Waals surface area contributed by atoms with Crippen molar-refractivity contribution in [2.24, 2.45) is 0 Å². The first-order valence-electron chi connectivity index (χ1n) is 9.39. The number of nitrogens with zero attached hydrogens (tertiary/aromatic N) is 2. The predicted octanol–water partition coefficient (Wildman–Crippen LogP) is 6.02. The van der Waals surface area contributed by atoms with Crippen LogP contribution in [0.4, 0.5) is 24.5 Å². The highest BCUT2D eigenvalue weighted by atomic mass is 19.4. The van der Waals surface area contributed by atoms with Crippen LogP contribution in [-0.2, 0) is 6.18 Å². The Hall–Kier alpha value is -2.95. The van der Waals surface area contributed by atoms with Crippen LogP contribution in [0, 0.1) is 0 Å². The van der Waals surface area contributed by atoms with Crippen molar-refractivity contribution < 1.29 is 13.2 Å². The molecule has 29 heavy (non-hydrogen) atoms. The molecule has 0 atom stereocenters. The highest BCUT2D eigenvalue weighted by molar-refractivity contribution is 5.54. The first-order valence-corrected chi connectivity index (χ1v) is 9.39. The lowest BCUT2D eigenvalue weighted by atomic mass is 9.82. The van der Waals surface area contributed by atoms with Gasteiger partial charge in [0.1, 0.15) is 0 Å². The SMILES string of the molecule is CN(C)c1ccc(C(c2ccc(N(C)C)cc2)c2ccccc2C(F)(F)F)cc1. The molecule has 0 unspecified atom stereocenters. The summed E-state index contributed by atoms with van der Waals surface area (Å²) in [5.41, 5.74) is 3.31. The lowest BCUT2D eigenvalue weighted by Crippen LogP contribution is -2.14. The standard InChI is InChI=1S/C24H25F3N2/c1-28(2)19-13-9-17(10-14-19)23(18-11-15-20(16-12-18)29(3)4)21-7-5-6-8-22(21)24(25,26)27/h5-16,23H,1-4H3. The van der Waals surface area contributed by atoms with E-state index in [1.807, 2.05) is 86.5 Å². The van der Waals surface area contributed by atoms with Crippen LogP contribution in [0.25, 0.3) is 0 Å². The van der Waals surface area contributed by atoms with Gasteiger partial charge in [0.2, 0.25) is 0 Å². The molecule has 0 heterocycles. The Balaban J connectivity index is 2.17. The second kappa shape index (κ2) is 8.19. The van der Waals surface area contributed by atoms with Gasteiger partial charge in [0, 0.05) is 45.5 Å². The van der Waals surface area contributed by atoms with E-state index in [9.17, 15) is 13.2 Å². The van der Waals surface area contributed by atoms with Gasteiger partial charge in [-0.3, -0.25) is 0 Å². The first kappa shape index (κ1) is 20.8. The molecule has 0 aliphatic rings. The summed E-state index contributed by atoms with van der Waals surface area (Å²) in [6, 6.07) is 21.2. The Morgan fingerprint density at radius 2 is 1.03 bits per heavy atom. The van der Waals surface area contributed by atoms with Gasteiger partial charge in [-0.05, 0) is 47.0 Å². The van der Waals surface area contributed by atoms with Crippen molar-refractivity contribution in [1.82, 2.24) is 0 Å². The third kappa shape index (κ3) is 4.56. The van der Waals surface area contributed by atoms with Gasteiger partial charge in [-0.2, -0.15) is 13.2 Å². The van der Waals surface area contributed by atoms with E-state index in [1.165, 1.54) is 6.07 Å². The molecule has 5 heteroatoms. The number of rotatable bonds is 5. The average molecular weight is 398 g/mol. The van der Waals surface area contributed by atoms with Gasteiger partial charge >= 0.3 is 6.18 Å². The molecule has 0 N–H and O–H groups in total. The van der Waals surface area contributed by atoms with Crippen LogP contribution in [0.2, 0.25) is 0 Å². The topological polar surface area (TPSA) is 6.48 Å². The van der Waals surface area contributed by atoms with Crippen molar-refractivity contribution in [2.75, 3.05) is 38.0 Å². The van der Waals surface area contributed by atoms with Gasteiger partial charge in [0.25, 0.3) is 0 Å². The van der Waals surface area contributed by atoms with E-state index < -0.39 is 17.7 Å². The molecule has 2 nitrogen and oxygen atoms in total. The second-order valence-corrected chi connectivity index (χ2v) is 7.49. The normalized spacial score (nSPS) is 11.6. The molecule has 0 amide bonds. The van der Waals surface area contributed by atoms with E-state index in [4.69, 9.17) is 0 Å². The highest BCUT2D eigenvalue weighted by Crippen LogP contribution is 2.41. The van der Waals surface area contributed by atoms with E-state index in [0.29, 0.717) is 0 Å². The maximum absolute atomic E-state index is 13.8. The van der Waals surface area contributed by atoms with Gasteiger partial charge in [-0.1, -0.05) is 42.5 Å². The van der Waals surface area contributed by atoms with Crippen molar-refractivity contribution in [2.45, 2.75) is 12.1 Å². The molecule has 0 aliphatic carbocycles. The van der Waals surface area contributed by atoms with E-state index in [0.717, 1.165) is 28.6 Å². The smallest absolute Gasteiger partial charge is 0.378 e. The summed E-state index contributed by atoms with van der Waals surface area (Å²) in [5, 5.41) is 0. The highest BCUT2D eigenvalue weighted by Gasteiger charge is 2.35. The Labute approximate surface area is 170 Å². The summed E-state index contributed by atoms with van der Waals surface area (Å²) in [4.78, 5) is 3.93. The van der Waals surface area contributed by atoms with Gasteiger partial charge in [0.15, 0.2) is 0 Å². The van der Waals surface area contributed by atoms with Crippen molar-refractivity contribution in [1.29, 1.82) is 0 Å². The van der Waals surface area contributed by atoms with Crippen LogP contribution >= 0.6 is 0 Å². The average Bonchev–Trinajstić information content (AvgIpc) is 2.68. The van der Waals surface area contributed by atoms with Crippen LogP contribution in [0.5, 0.6) is 0 Å². The molecule has 0 spiro atoms. The van der Waals surface area contributed by atoms with E-state index in [1.54, 1.807) is 12.1 Å². The summed E-state index contributed by atoms with van der Waals surface area (Å²) in [6.07, 6.45) is -4.41. The molecule has 0 fully saturated rings. The van der Waals surface area contributed by atoms with Crippen LogP contribution in [0.3, 0.4) is 0 Å². The van der Waals surface area contributed by atoms with Crippen LogP contribution in [0.15, 0.2) is 72.8 Å². The summed E-state index contributed by atoms with van der Waals surface area (Å²) >= 11 is 0. The Morgan fingerprint density at radius 1 is 0.621 bits per heavy atom. The molecule has 0 bridgehead atoms. The number of hydrogen-bond acceptors (Lipinski definition) is 2. The van der Waals surface area contributed by atoms with Gasteiger partial charge in [-0.15, -0.1) is 0 Å². The predicted molar refractivity (Wildman–Crippen MR) is 114 cm³/mol. The fourth-order valence-corrected chi connectivity index (χ4v) is 3.49. The molecule has 152 valence electrons. The molecule has 3 rings (SSSR count). The Morgan fingerprint density at radius 3 is 1.41 bits per heavy atom. The minimum absolute atomic E-state index is 0.259. The number of benzene rings is 3. The van der Waals surface area contributed by atoms with Gasteiger partial charge in [-0.25, -0.2) is 0 Å². The minimum atomic E-state index is -4.41. The number of alkyl halides is 3. The molecule has 3 aromatic rings. The third-order valence-corrected chi connectivity index (χ3v) is 5.06. The van der Waals surface area contributed by atoms with Crippen LogP contribution < -0.4 is 9.80 Å². The molecule has 0 saturated heterocycles. The fraction of sp³-hybridized carbons (Fsp3) is 0.250. The first-order chi connectivity index (χ1) is 13.7. The largest absolute Gasteiger partial charge is 0.416 e. The summed E-state index contributed by atoms with van der Waals surface area (Å²) < 4.78 is 41.3. The summed E-state index contributed by atoms with van der Waals surface area (Å²) in [5.74, 6) is -0.514. The molecule has 0 radical (unpaired) electrons. The number of halogens is 3. The van der Waals surface area contributed by atoms with Crippen molar-refractivity contribution in [3.8, 4) is 0 Å². The zero-order valence-electron chi connectivity index (χ0n) is 17.0. The zero-order valence-corrected chi connectivity index (χ0v) is 17.0. The fourth-order valence-electron chi connectivity index (χ4n) is 3.49. The van der Waals surface area contributed by atoms with Crippen molar-refractivity contribution >= 4 is 11.4 Å². The van der Waals surface area contributed by atoms with Crippen LogP contribution in [-0.4, -0.2) is 28.2 Å².